The highest BCUT2D eigenvalue weighted by Crippen LogP contribution is 2.42. The van der Waals surface area contributed by atoms with Crippen molar-refractivity contribution in [2.24, 2.45) is 5.92 Å². The van der Waals surface area contributed by atoms with Crippen LogP contribution in [0.5, 0.6) is 0 Å². The SMILES string of the molecule is CC(=O)O[C@@H](C)C(=O)NCc1cccc(-c2cccc([C@@H]3O[C@H](CN4CCCCC4)[C@H](C)[C@H](c4ccc(CO)cc4)O3)c2)c1. The van der Waals surface area contributed by atoms with Crippen molar-refractivity contribution in [2.45, 2.75) is 77.8 Å². The van der Waals surface area contributed by atoms with Crippen molar-refractivity contribution in [3.63, 3.8) is 0 Å². The van der Waals surface area contributed by atoms with Gasteiger partial charge < -0.3 is 29.5 Å². The van der Waals surface area contributed by atoms with E-state index in [2.05, 4.69) is 47.5 Å². The number of rotatable bonds is 10. The van der Waals surface area contributed by atoms with Crippen molar-refractivity contribution in [2.75, 3.05) is 19.6 Å². The summed E-state index contributed by atoms with van der Waals surface area (Å²) in [6.07, 6.45) is 2.21. The van der Waals surface area contributed by atoms with E-state index in [-0.39, 0.29) is 30.6 Å². The van der Waals surface area contributed by atoms with Crippen LogP contribution in [-0.2, 0) is 37.0 Å². The summed E-state index contributed by atoms with van der Waals surface area (Å²) >= 11 is 0. The Hall–Kier alpha value is -3.56. The fraction of sp³-hybridized carbons (Fsp3) is 0.444. The van der Waals surface area contributed by atoms with Gasteiger partial charge in [-0.05, 0) is 72.8 Å². The van der Waals surface area contributed by atoms with Crippen LogP contribution in [0.1, 0.15) is 74.7 Å². The molecule has 2 N–H and O–H groups in total. The average molecular weight is 601 g/mol. The number of aliphatic hydroxyl groups is 1. The molecule has 0 bridgehead atoms. The molecule has 2 aliphatic rings. The second-order valence-electron chi connectivity index (χ2n) is 12.0. The lowest BCUT2D eigenvalue weighted by Crippen LogP contribution is -2.45. The molecule has 5 rings (SSSR count). The number of amides is 1. The maximum atomic E-state index is 12.3. The lowest BCUT2D eigenvalue weighted by Gasteiger charge is -2.43. The minimum absolute atomic E-state index is 0.000614. The first-order chi connectivity index (χ1) is 21.3. The summed E-state index contributed by atoms with van der Waals surface area (Å²) < 4.78 is 18.4. The highest BCUT2D eigenvalue weighted by Gasteiger charge is 2.39. The molecule has 0 unspecified atom stereocenters. The molecule has 8 nitrogen and oxygen atoms in total. The predicted molar refractivity (Wildman–Crippen MR) is 168 cm³/mol. The third-order valence-corrected chi connectivity index (χ3v) is 8.61. The largest absolute Gasteiger partial charge is 0.453 e. The van der Waals surface area contributed by atoms with Crippen LogP contribution in [0.25, 0.3) is 11.1 Å². The van der Waals surface area contributed by atoms with Crippen LogP contribution in [-0.4, -0.2) is 53.7 Å². The van der Waals surface area contributed by atoms with E-state index in [1.807, 2.05) is 42.5 Å². The van der Waals surface area contributed by atoms with Gasteiger partial charge in [0, 0.05) is 31.5 Å². The quantitative estimate of drug-likeness (QED) is 0.289. The number of nitrogens with one attached hydrogen (secondary N) is 1. The summed E-state index contributed by atoms with van der Waals surface area (Å²) in [7, 11) is 0. The molecule has 1 amide bonds. The van der Waals surface area contributed by atoms with Crippen molar-refractivity contribution >= 4 is 11.9 Å². The van der Waals surface area contributed by atoms with Crippen LogP contribution in [0.3, 0.4) is 0 Å². The second-order valence-corrected chi connectivity index (χ2v) is 12.0. The average Bonchev–Trinajstić information content (AvgIpc) is 3.05. The third-order valence-electron chi connectivity index (χ3n) is 8.61. The Kier molecular flexibility index (Phi) is 10.8. The van der Waals surface area contributed by atoms with Gasteiger partial charge >= 0.3 is 5.97 Å². The van der Waals surface area contributed by atoms with E-state index >= 15 is 0 Å². The smallest absolute Gasteiger partial charge is 0.303 e. The number of esters is 1. The van der Waals surface area contributed by atoms with Crippen molar-refractivity contribution in [3.05, 3.63) is 95.1 Å². The van der Waals surface area contributed by atoms with E-state index in [0.29, 0.717) is 6.54 Å². The van der Waals surface area contributed by atoms with Gasteiger partial charge in [-0.3, -0.25) is 9.59 Å². The Morgan fingerprint density at radius 2 is 1.64 bits per heavy atom. The van der Waals surface area contributed by atoms with E-state index in [1.54, 1.807) is 6.92 Å². The van der Waals surface area contributed by atoms with Gasteiger partial charge in [-0.1, -0.05) is 74.0 Å². The van der Waals surface area contributed by atoms with Crippen molar-refractivity contribution < 1.29 is 28.9 Å². The van der Waals surface area contributed by atoms with E-state index in [9.17, 15) is 14.7 Å². The van der Waals surface area contributed by atoms with Crippen LogP contribution in [0.15, 0.2) is 72.8 Å². The number of hydrogen-bond acceptors (Lipinski definition) is 7. The highest BCUT2D eigenvalue weighted by molar-refractivity contribution is 5.82. The van der Waals surface area contributed by atoms with Crippen molar-refractivity contribution in [3.8, 4) is 11.1 Å². The van der Waals surface area contributed by atoms with E-state index < -0.39 is 18.4 Å². The maximum absolute atomic E-state index is 12.3. The van der Waals surface area contributed by atoms with Gasteiger partial charge in [-0.2, -0.15) is 0 Å². The lowest BCUT2D eigenvalue weighted by atomic mass is 9.89. The van der Waals surface area contributed by atoms with Gasteiger partial charge in [0.15, 0.2) is 12.4 Å². The molecule has 2 saturated heterocycles. The first-order valence-corrected chi connectivity index (χ1v) is 15.7. The Bertz CT molecular complexity index is 1400. The number of nitrogens with zero attached hydrogens (tertiary/aromatic N) is 1. The molecule has 3 aromatic carbocycles. The van der Waals surface area contributed by atoms with E-state index in [0.717, 1.165) is 53.0 Å². The van der Waals surface area contributed by atoms with Crippen molar-refractivity contribution in [1.29, 1.82) is 0 Å². The molecule has 3 aromatic rings. The fourth-order valence-corrected chi connectivity index (χ4v) is 6.09. The highest BCUT2D eigenvalue weighted by atomic mass is 16.7. The Labute approximate surface area is 260 Å². The van der Waals surface area contributed by atoms with Gasteiger partial charge in [-0.25, -0.2) is 0 Å². The van der Waals surface area contributed by atoms with Crippen LogP contribution >= 0.6 is 0 Å². The topological polar surface area (TPSA) is 97.3 Å². The first-order valence-electron chi connectivity index (χ1n) is 15.7. The summed E-state index contributed by atoms with van der Waals surface area (Å²) in [5, 5.41) is 12.4. The molecule has 0 aliphatic carbocycles. The Morgan fingerprint density at radius 3 is 2.34 bits per heavy atom. The van der Waals surface area contributed by atoms with Gasteiger partial charge in [-0.15, -0.1) is 0 Å². The zero-order valence-electron chi connectivity index (χ0n) is 25.9. The van der Waals surface area contributed by atoms with Crippen LogP contribution in [0.2, 0.25) is 0 Å². The number of carbonyl (C=O) groups is 2. The van der Waals surface area contributed by atoms with E-state index in [4.69, 9.17) is 14.2 Å². The van der Waals surface area contributed by atoms with Crippen molar-refractivity contribution in [1.82, 2.24) is 10.2 Å². The van der Waals surface area contributed by atoms with Gasteiger partial charge in [0.05, 0.1) is 18.8 Å². The number of carbonyl (C=O) groups excluding carboxylic acids is 2. The molecule has 44 heavy (non-hydrogen) atoms. The molecule has 0 aromatic heterocycles. The van der Waals surface area contributed by atoms with Gasteiger partial charge in [0.2, 0.25) is 0 Å². The second kappa shape index (κ2) is 14.9. The molecule has 2 aliphatic heterocycles. The lowest BCUT2D eigenvalue weighted by molar-refractivity contribution is -0.276. The summed E-state index contributed by atoms with van der Waals surface area (Å²) in [5.74, 6) is -0.682. The molecule has 0 saturated carbocycles. The summed E-state index contributed by atoms with van der Waals surface area (Å²) in [5.41, 5.74) is 5.87. The number of likely N-dealkylation sites (tertiary alicyclic amines) is 1. The molecule has 2 fully saturated rings. The number of ether oxygens (including phenoxy) is 3. The first kappa shape index (κ1) is 31.9. The zero-order chi connectivity index (χ0) is 31.1. The van der Waals surface area contributed by atoms with Crippen LogP contribution in [0, 0.1) is 5.92 Å². The Morgan fingerprint density at radius 1 is 0.932 bits per heavy atom. The molecular weight excluding hydrogens is 556 g/mol. The fourth-order valence-electron chi connectivity index (χ4n) is 6.09. The predicted octanol–water partition coefficient (Wildman–Crippen LogP) is 5.69. The third kappa shape index (κ3) is 8.12. The summed E-state index contributed by atoms with van der Waals surface area (Å²) in [6.45, 7) is 8.46. The normalized spacial score (nSPS) is 23.1. The molecule has 0 radical (unpaired) electrons. The maximum Gasteiger partial charge on any atom is 0.303 e. The molecule has 0 spiro atoms. The molecule has 5 atom stereocenters. The summed E-state index contributed by atoms with van der Waals surface area (Å²) in [4.78, 5) is 26.0. The number of benzene rings is 3. The molecular formula is C36H44N2O6. The number of hydrogen-bond donors (Lipinski definition) is 2. The Balaban J connectivity index is 1.35. The standard InChI is InChI=1S/C36H44N2O6/c1-24-33(22-38-17-5-4-6-18-38)43-36(44-34(24)29-15-13-27(23-39)14-16-29)32-12-8-11-31(20-32)30-10-7-9-28(19-30)21-37-35(41)25(2)42-26(3)40/h7-16,19-20,24-25,33-34,36,39H,4-6,17-18,21-23H2,1-3H3,(H,37,41)/t24-,25-,33+,34+,36+/m0/s1. The van der Waals surface area contributed by atoms with E-state index in [1.165, 1.54) is 26.2 Å². The van der Waals surface area contributed by atoms with Crippen LogP contribution in [0.4, 0.5) is 0 Å². The minimum Gasteiger partial charge on any atom is -0.453 e. The number of aliphatic hydroxyl groups excluding tert-OH is 1. The summed E-state index contributed by atoms with van der Waals surface area (Å²) in [6, 6.07) is 24.3. The number of piperidine rings is 1. The molecule has 2 heterocycles. The molecule has 234 valence electrons. The monoisotopic (exact) mass is 600 g/mol. The van der Waals surface area contributed by atoms with Gasteiger partial charge in [0.1, 0.15) is 0 Å². The van der Waals surface area contributed by atoms with Gasteiger partial charge in [0.25, 0.3) is 5.91 Å². The minimum atomic E-state index is -0.847. The van der Waals surface area contributed by atoms with Crippen LogP contribution < -0.4 is 5.32 Å². The molecule has 8 heteroatoms. The zero-order valence-corrected chi connectivity index (χ0v) is 25.9.